The highest BCUT2D eigenvalue weighted by atomic mass is 32.1. The van der Waals surface area contributed by atoms with Crippen molar-refractivity contribution >= 4 is 53.3 Å². The molecule has 0 atom stereocenters. The summed E-state index contributed by atoms with van der Waals surface area (Å²) in [6, 6.07) is 15.0. The van der Waals surface area contributed by atoms with Crippen molar-refractivity contribution in [2.45, 2.75) is 0 Å². The molecule has 0 aliphatic carbocycles. The lowest BCUT2D eigenvalue weighted by Gasteiger charge is -2.10. The minimum absolute atomic E-state index is 0.125. The van der Waals surface area contributed by atoms with Gasteiger partial charge in [0.2, 0.25) is 0 Å². The van der Waals surface area contributed by atoms with Crippen LogP contribution in [0, 0.1) is 0 Å². The van der Waals surface area contributed by atoms with Crippen LogP contribution in [0.1, 0.15) is 16.4 Å². The Balaban J connectivity index is 1.47. The second kappa shape index (κ2) is 9.97. The van der Waals surface area contributed by atoms with Gasteiger partial charge in [-0.2, -0.15) is 0 Å². The van der Waals surface area contributed by atoms with E-state index in [2.05, 4.69) is 0 Å². The van der Waals surface area contributed by atoms with Crippen LogP contribution in [0.3, 0.4) is 0 Å². The predicted molar refractivity (Wildman–Crippen MR) is 183 cm³/mol. The highest BCUT2D eigenvalue weighted by molar-refractivity contribution is 7.25. The van der Waals surface area contributed by atoms with Crippen LogP contribution >= 0.6 is 11.3 Å². The van der Waals surface area contributed by atoms with Crippen LogP contribution in [0.15, 0.2) is 145 Å². The van der Waals surface area contributed by atoms with Crippen molar-refractivity contribution < 1.29 is 16.4 Å². The van der Waals surface area contributed by atoms with Crippen molar-refractivity contribution in [3.05, 3.63) is 145 Å². The van der Waals surface area contributed by atoms with Crippen LogP contribution in [0.2, 0.25) is 0 Å². The Kier molecular flexibility index (Phi) is 3.56. The van der Waals surface area contributed by atoms with E-state index in [-0.39, 0.29) is 44.8 Å². The molecule has 0 saturated heterocycles. The van der Waals surface area contributed by atoms with E-state index in [9.17, 15) is 2.74 Å². The molecule has 9 aromatic rings. The average molecular weight is 593 g/mol. The SMILES string of the molecule is [2H]c1c([2H])c([2H])c(-n2c3c([2H])c([2H])c([2H])c([2H])c3c3c(-c4nc(-c5ccccc5)nc(-c5ccc6sc7ccccc7c6c5)n4)c([2H])c([2H])c([2H])c32)c([2H])c1[2H]. The summed E-state index contributed by atoms with van der Waals surface area (Å²) < 4.78 is 109. The Morgan fingerprint density at radius 1 is 0.523 bits per heavy atom. The molecule has 0 bridgehead atoms. The van der Waals surface area contributed by atoms with Crippen molar-refractivity contribution in [3.8, 4) is 39.9 Å². The fourth-order valence-electron chi connectivity index (χ4n) is 5.52. The number of fused-ring (bicyclic) bond motifs is 6. The van der Waals surface area contributed by atoms with E-state index in [1.165, 1.54) is 0 Å². The standard InChI is InChI=1S/C39H24N4S/c1-3-12-25(13-4-1)37-40-38(26-22-23-35-31(24-26)28-16-8-10-21-34(28)44-35)42-39(41-37)30-18-11-20-33-36(30)29-17-7-9-19-32(29)43(33)27-14-5-2-6-15-27/h1-24H/i2D,5D,6D,7D,9D,11D,14D,15D,17D,18D,19D,20D. The Morgan fingerprint density at radius 3 is 2.11 bits per heavy atom. The van der Waals surface area contributed by atoms with Crippen LogP contribution < -0.4 is 0 Å². The van der Waals surface area contributed by atoms with E-state index >= 15 is 0 Å². The van der Waals surface area contributed by atoms with E-state index < -0.39 is 78.2 Å². The molecule has 9 rings (SSSR count). The minimum atomic E-state index is -0.711. The normalized spacial score (nSPS) is 15.5. The maximum Gasteiger partial charge on any atom is 0.164 e. The van der Waals surface area contributed by atoms with Gasteiger partial charge in [0.1, 0.15) is 0 Å². The van der Waals surface area contributed by atoms with Crippen LogP contribution in [-0.2, 0) is 0 Å². The lowest BCUT2D eigenvalue weighted by molar-refractivity contribution is 1.08. The second-order valence-corrected chi connectivity index (χ2v) is 11.1. The molecule has 0 fully saturated rings. The number of hydrogen-bond acceptors (Lipinski definition) is 4. The lowest BCUT2D eigenvalue weighted by atomic mass is 10.0. The molecule has 6 aromatic carbocycles. The van der Waals surface area contributed by atoms with Crippen LogP contribution in [-0.4, -0.2) is 19.5 Å². The van der Waals surface area contributed by atoms with E-state index in [1.54, 1.807) is 35.6 Å². The van der Waals surface area contributed by atoms with Crippen molar-refractivity contribution in [1.82, 2.24) is 19.5 Å². The van der Waals surface area contributed by atoms with Gasteiger partial charge in [-0.15, -0.1) is 11.3 Å². The maximum absolute atomic E-state index is 9.31. The average Bonchev–Trinajstić information content (AvgIpc) is 3.76. The van der Waals surface area contributed by atoms with Crippen LogP contribution in [0.4, 0.5) is 0 Å². The molecule has 0 aliphatic rings. The van der Waals surface area contributed by atoms with E-state index in [0.717, 1.165) is 24.7 Å². The van der Waals surface area contributed by atoms with E-state index in [4.69, 9.17) is 28.7 Å². The van der Waals surface area contributed by atoms with Crippen molar-refractivity contribution in [3.63, 3.8) is 0 Å². The largest absolute Gasteiger partial charge is 0.309 e. The van der Waals surface area contributed by atoms with Gasteiger partial charge in [0.05, 0.1) is 27.5 Å². The first-order valence-corrected chi connectivity index (χ1v) is 14.5. The van der Waals surface area contributed by atoms with Gasteiger partial charge in [0.15, 0.2) is 17.5 Å². The first-order chi connectivity index (χ1) is 26.8. The highest BCUT2D eigenvalue weighted by Crippen LogP contribution is 2.39. The zero-order valence-electron chi connectivity index (χ0n) is 34.6. The van der Waals surface area contributed by atoms with Gasteiger partial charge < -0.3 is 4.57 Å². The minimum Gasteiger partial charge on any atom is -0.309 e. The van der Waals surface area contributed by atoms with E-state index in [1.807, 2.05) is 48.5 Å². The number of thiophene rings is 1. The van der Waals surface area contributed by atoms with Crippen LogP contribution in [0.5, 0.6) is 0 Å². The number of aromatic nitrogens is 4. The van der Waals surface area contributed by atoms with Crippen molar-refractivity contribution in [1.29, 1.82) is 0 Å². The topological polar surface area (TPSA) is 43.6 Å². The first-order valence-electron chi connectivity index (χ1n) is 19.6. The molecule has 0 unspecified atom stereocenters. The number of benzene rings is 6. The summed E-state index contributed by atoms with van der Waals surface area (Å²) in [5.74, 6) is 0.266. The molecule has 4 nitrogen and oxygen atoms in total. The first kappa shape index (κ1) is 15.7. The Labute approximate surface area is 274 Å². The Bertz CT molecular complexity index is 3150. The molecule has 0 amide bonds. The molecule has 0 saturated carbocycles. The summed E-state index contributed by atoms with van der Waals surface area (Å²) in [5, 5.41) is 1.69. The molecule has 0 N–H and O–H groups in total. The number of nitrogens with zero attached hydrogens (tertiary/aromatic N) is 4. The van der Waals surface area contributed by atoms with Crippen molar-refractivity contribution in [2.75, 3.05) is 0 Å². The number of para-hydroxylation sites is 2. The smallest absolute Gasteiger partial charge is 0.164 e. The second-order valence-electron chi connectivity index (χ2n) is 9.99. The number of rotatable bonds is 4. The third kappa shape index (κ3) is 3.94. The molecule has 44 heavy (non-hydrogen) atoms. The van der Waals surface area contributed by atoms with Gasteiger partial charge >= 0.3 is 0 Å². The molecule has 0 aliphatic heterocycles. The van der Waals surface area contributed by atoms with Gasteiger partial charge in [-0.1, -0.05) is 96.9 Å². The monoisotopic (exact) mass is 592 g/mol. The summed E-state index contributed by atoms with van der Waals surface area (Å²) >= 11 is 1.64. The third-order valence-electron chi connectivity index (χ3n) is 7.46. The van der Waals surface area contributed by atoms with Gasteiger partial charge in [-0.05, 0) is 48.4 Å². The molecule has 206 valence electrons. The van der Waals surface area contributed by atoms with Crippen molar-refractivity contribution in [2.24, 2.45) is 0 Å². The molecule has 3 heterocycles. The summed E-state index contributed by atoms with van der Waals surface area (Å²) in [6.07, 6.45) is 0. The highest BCUT2D eigenvalue weighted by Gasteiger charge is 2.19. The summed E-state index contributed by atoms with van der Waals surface area (Å²) in [4.78, 5) is 14.5. The zero-order chi connectivity index (χ0) is 39.5. The molecular weight excluding hydrogens is 557 g/mol. The molecule has 5 heteroatoms. The Morgan fingerprint density at radius 2 is 1.23 bits per heavy atom. The summed E-state index contributed by atoms with van der Waals surface area (Å²) in [5.41, 5.74) is -0.0435. The summed E-state index contributed by atoms with van der Waals surface area (Å²) in [6.45, 7) is 0. The molecule has 3 aromatic heterocycles. The van der Waals surface area contributed by atoms with E-state index in [0.29, 0.717) is 11.1 Å². The van der Waals surface area contributed by atoms with Crippen LogP contribution in [0.25, 0.3) is 81.8 Å². The quantitative estimate of drug-likeness (QED) is 0.204. The fourth-order valence-corrected chi connectivity index (χ4v) is 6.61. The molecule has 0 spiro atoms. The third-order valence-corrected chi connectivity index (χ3v) is 8.61. The zero-order valence-corrected chi connectivity index (χ0v) is 23.4. The van der Waals surface area contributed by atoms with Gasteiger partial charge in [-0.3, -0.25) is 0 Å². The van der Waals surface area contributed by atoms with Gasteiger partial charge in [-0.25, -0.2) is 15.0 Å². The van der Waals surface area contributed by atoms with Gasteiger partial charge in [0.25, 0.3) is 0 Å². The summed E-state index contributed by atoms with van der Waals surface area (Å²) in [7, 11) is 0. The van der Waals surface area contributed by atoms with Gasteiger partial charge in [0, 0.05) is 53.3 Å². The maximum atomic E-state index is 9.31. The predicted octanol–water partition coefficient (Wildman–Crippen LogP) is 10.3. The molecule has 0 radical (unpaired) electrons. The fraction of sp³-hybridized carbons (Fsp3) is 0. The number of hydrogen-bond donors (Lipinski definition) is 0. The Hall–Kier alpha value is -5.65. The lowest BCUT2D eigenvalue weighted by Crippen LogP contribution is -2.00. The molecular formula is C39H24N4S.